The molecule has 0 amide bonds. The topological polar surface area (TPSA) is 136 Å². The monoisotopic (exact) mass is 559 g/mol. The molecule has 0 spiro atoms. The van der Waals surface area contributed by atoms with Gasteiger partial charge in [0.25, 0.3) is 0 Å². The van der Waals surface area contributed by atoms with Crippen LogP contribution in [0.2, 0.25) is 0 Å². The molecule has 4 aromatic rings. The predicted molar refractivity (Wildman–Crippen MR) is 155 cm³/mol. The maximum Gasteiger partial charge on any atom is 0.227 e. The Kier molecular flexibility index (Phi) is 6.71. The van der Waals surface area contributed by atoms with Crippen LogP contribution in [0.25, 0.3) is 10.9 Å². The highest BCUT2D eigenvalue weighted by Crippen LogP contribution is 2.70. The Balaban J connectivity index is 1.43. The van der Waals surface area contributed by atoms with E-state index in [4.69, 9.17) is 9.84 Å². The molecular weight excluding hydrogens is 526 g/mol. The van der Waals surface area contributed by atoms with Gasteiger partial charge in [-0.3, -0.25) is 13.8 Å². The zero-order valence-electron chi connectivity index (χ0n) is 22.5. The van der Waals surface area contributed by atoms with Crippen molar-refractivity contribution in [2.45, 2.75) is 67.9 Å². The number of hydrogen-bond donors (Lipinski definition) is 4. The Labute approximate surface area is 234 Å². The van der Waals surface area contributed by atoms with Crippen molar-refractivity contribution in [2.75, 3.05) is 5.32 Å². The molecule has 1 saturated carbocycles. The van der Waals surface area contributed by atoms with Gasteiger partial charge in [0.2, 0.25) is 5.88 Å². The van der Waals surface area contributed by atoms with Gasteiger partial charge in [-0.25, -0.2) is 4.98 Å². The van der Waals surface area contributed by atoms with E-state index in [0.717, 1.165) is 36.8 Å². The molecule has 2 aromatic heterocycles. The number of benzene rings is 2. The van der Waals surface area contributed by atoms with Gasteiger partial charge in [0.15, 0.2) is 5.82 Å². The third-order valence-electron chi connectivity index (χ3n) is 8.28. The lowest BCUT2D eigenvalue weighted by atomic mass is 9.85. The van der Waals surface area contributed by atoms with Crippen LogP contribution in [-0.4, -0.2) is 33.7 Å². The van der Waals surface area contributed by atoms with Crippen LogP contribution in [0.1, 0.15) is 62.8 Å². The standard InChI is InChI=1S/C30H33N5O4S/c1-30(2)27(36)22-16-21(12-13-25(22)40(30,37)38)33-28-26-24(35(34-28)23-11-7-6-10-20(23)17-31)14-15-32-29(26)39-18-19-8-4-3-5-9-19/h3-5,8-9,12-16,20,23,27,36-38H,6-7,10-11,18H2,1-2H3,(H,33,34)/t20-,23+,27?/m1/s1. The number of ether oxygens (including phenoxy) is 1. The second-order valence-corrected chi connectivity index (χ2v) is 13.7. The highest BCUT2D eigenvalue weighted by molar-refractivity contribution is 8.25. The van der Waals surface area contributed by atoms with Crippen LogP contribution in [0.15, 0.2) is 65.7 Å². The van der Waals surface area contributed by atoms with Gasteiger partial charge in [0, 0.05) is 17.4 Å². The summed E-state index contributed by atoms with van der Waals surface area (Å²) in [6.07, 6.45) is 4.41. The van der Waals surface area contributed by atoms with Gasteiger partial charge in [-0.2, -0.15) is 21.0 Å². The number of nitrogens with zero attached hydrogens (tertiary/aromatic N) is 4. The Morgan fingerprint density at radius 3 is 2.67 bits per heavy atom. The number of aliphatic hydroxyl groups is 1. The van der Waals surface area contributed by atoms with Gasteiger partial charge in [0.05, 0.1) is 33.2 Å². The van der Waals surface area contributed by atoms with Crippen molar-refractivity contribution < 1.29 is 18.9 Å². The molecule has 1 aliphatic heterocycles. The summed E-state index contributed by atoms with van der Waals surface area (Å²) in [6.45, 7) is 3.65. The maximum atomic E-state index is 11.0. The van der Waals surface area contributed by atoms with Crippen molar-refractivity contribution in [1.82, 2.24) is 14.8 Å². The molecule has 6 rings (SSSR count). The van der Waals surface area contributed by atoms with Gasteiger partial charge < -0.3 is 15.2 Å². The smallest absolute Gasteiger partial charge is 0.227 e. The second-order valence-electron chi connectivity index (χ2n) is 11.1. The van der Waals surface area contributed by atoms with Crippen LogP contribution in [0.5, 0.6) is 5.88 Å². The number of aromatic nitrogens is 3. The fourth-order valence-corrected chi connectivity index (χ4v) is 7.60. The largest absolute Gasteiger partial charge is 0.472 e. The number of anilines is 2. The average molecular weight is 560 g/mol. The number of aliphatic hydroxyl groups excluding tert-OH is 1. The van der Waals surface area contributed by atoms with Crippen LogP contribution in [0.4, 0.5) is 11.5 Å². The Morgan fingerprint density at radius 1 is 1.12 bits per heavy atom. The first-order chi connectivity index (χ1) is 19.2. The normalized spacial score (nSPS) is 23.8. The molecule has 0 saturated heterocycles. The number of fused-ring (bicyclic) bond motifs is 2. The quantitative estimate of drug-likeness (QED) is 0.199. The molecule has 3 heterocycles. The highest BCUT2D eigenvalue weighted by atomic mass is 32.3. The van der Waals surface area contributed by atoms with Crippen molar-refractivity contribution in [3.8, 4) is 11.9 Å². The summed E-state index contributed by atoms with van der Waals surface area (Å²) in [5.41, 5.74) is 2.95. The summed E-state index contributed by atoms with van der Waals surface area (Å²) in [4.78, 5) is 4.91. The highest BCUT2D eigenvalue weighted by Gasteiger charge is 2.51. The maximum absolute atomic E-state index is 11.0. The van der Waals surface area contributed by atoms with Gasteiger partial charge in [-0.15, -0.1) is 0 Å². The lowest BCUT2D eigenvalue weighted by Crippen LogP contribution is -2.29. The van der Waals surface area contributed by atoms with Gasteiger partial charge >= 0.3 is 0 Å². The number of rotatable bonds is 6. The number of nitriles is 1. The molecule has 1 unspecified atom stereocenters. The summed E-state index contributed by atoms with van der Waals surface area (Å²) in [6, 6.07) is 19.3. The molecule has 1 fully saturated rings. The minimum Gasteiger partial charge on any atom is -0.472 e. The second kappa shape index (κ2) is 10.1. The molecule has 40 heavy (non-hydrogen) atoms. The van der Waals surface area contributed by atoms with E-state index in [1.54, 1.807) is 38.2 Å². The van der Waals surface area contributed by atoms with E-state index in [1.165, 1.54) is 0 Å². The first kappa shape index (κ1) is 26.6. The summed E-state index contributed by atoms with van der Waals surface area (Å²) in [5.74, 6) is 0.803. The van der Waals surface area contributed by atoms with Crippen molar-refractivity contribution >= 4 is 33.0 Å². The van der Waals surface area contributed by atoms with Crippen molar-refractivity contribution in [3.05, 3.63) is 71.9 Å². The molecule has 0 radical (unpaired) electrons. The van der Waals surface area contributed by atoms with Crippen LogP contribution < -0.4 is 10.1 Å². The molecular formula is C30H33N5O4S. The molecule has 4 N–H and O–H groups in total. The van der Waals surface area contributed by atoms with Gasteiger partial charge in [-0.05, 0) is 56.5 Å². The number of pyridine rings is 1. The van der Waals surface area contributed by atoms with E-state index >= 15 is 0 Å². The molecule has 2 aliphatic rings. The Morgan fingerprint density at radius 2 is 1.90 bits per heavy atom. The fourth-order valence-electron chi connectivity index (χ4n) is 5.84. The SMILES string of the molecule is CC1(C)C(O)c2cc(Nc3nn([C@H]4CCCC[C@@H]4C#N)c4ccnc(OCc5ccccc5)c34)ccc2S1(O)O. The average Bonchev–Trinajstić information content (AvgIpc) is 3.39. The summed E-state index contributed by atoms with van der Waals surface area (Å²) in [5, 5.41) is 29.9. The third-order valence-corrected chi connectivity index (χ3v) is 11.0. The van der Waals surface area contributed by atoms with Crippen molar-refractivity contribution in [3.63, 3.8) is 0 Å². The zero-order valence-corrected chi connectivity index (χ0v) is 23.3. The fraction of sp³-hybridized carbons (Fsp3) is 0.367. The Hall–Kier alpha value is -3.62. The molecule has 0 bridgehead atoms. The summed E-state index contributed by atoms with van der Waals surface area (Å²) in [7, 11) is -3.18. The lowest BCUT2D eigenvalue weighted by molar-refractivity contribution is 0.140. The van der Waals surface area contributed by atoms with E-state index in [9.17, 15) is 19.5 Å². The third kappa shape index (κ3) is 4.30. The van der Waals surface area contributed by atoms with Gasteiger partial charge in [0.1, 0.15) is 18.1 Å². The summed E-state index contributed by atoms with van der Waals surface area (Å²) >= 11 is 0. The van der Waals surface area contributed by atoms with E-state index in [-0.39, 0.29) is 12.0 Å². The Bertz CT molecular complexity index is 1600. The predicted octanol–water partition coefficient (Wildman–Crippen LogP) is 6.94. The molecule has 2 aromatic carbocycles. The number of hydrogen-bond acceptors (Lipinski definition) is 8. The van der Waals surface area contributed by atoms with Crippen LogP contribution >= 0.6 is 10.6 Å². The minimum atomic E-state index is -3.18. The van der Waals surface area contributed by atoms with Crippen LogP contribution in [0.3, 0.4) is 0 Å². The van der Waals surface area contributed by atoms with E-state index in [0.29, 0.717) is 39.8 Å². The molecule has 10 heteroatoms. The van der Waals surface area contributed by atoms with E-state index < -0.39 is 21.4 Å². The van der Waals surface area contributed by atoms with E-state index in [1.807, 2.05) is 41.1 Å². The summed E-state index contributed by atoms with van der Waals surface area (Å²) < 4.78 is 28.7. The number of nitrogens with one attached hydrogen (secondary N) is 1. The first-order valence-corrected chi connectivity index (χ1v) is 15.1. The minimum absolute atomic E-state index is 0.0724. The van der Waals surface area contributed by atoms with Crippen molar-refractivity contribution in [2.24, 2.45) is 5.92 Å². The molecule has 9 nitrogen and oxygen atoms in total. The van der Waals surface area contributed by atoms with E-state index in [2.05, 4.69) is 16.4 Å². The molecule has 3 atom stereocenters. The zero-order chi connectivity index (χ0) is 28.1. The van der Waals surface area contributed by atoms with Gasteiger partial charge in [-0.1, -0.05) is 43.2 Å². The molecule has 1 aliphatic carbocycles. The molecule has 208 valence electrons. The first-order valence-electron chi connectivity index (χ1n) is 13.5. The van der Waals surface area contributed by atoms with Crippen molar-refractivity contribution in [1.29, 1.82) is 5.26 Å². The van der Waals surface area contributed by atoms with Crippen LogP contribution in [-0.2, 0) is 6.61 Å². The van der Waals surface area contributed by atoms with Crippen LogP contribution in [0, 0.1) is 17.2 Å². The lowest BCUT2D eigenvalue weighted by Gasteiger charge is -2.42.